The second-order valence-electron chi connectivity index (χ2n) is 6.44. The third-order valence-electron chi connectivity index (χ3n) is 4.68. The summed E-state index contributed by atoms with van der Waals surface area (Å²) in [5.41, 5.74) is 7.16. The lowest BCUT2D eigenvalue weighted by Gasteiger charge is -2.36. The fourth-order valence-corrected chi connectivity index (χ4v) is 3.20. The van der Waals surface area contributed by atoms with E-state index in [1.165, 1.54) is 6.20 Å². The number of primary amides is 1. The first-order chi connectivity index (χ1) is 11.5. The van der Waals surface area contributed by atoms with Crippen molar-refractivity contribution in [3.63, 3.8) is 0 Å². The number of nitrogens with zero attached hydrogens (tertiary/aromatic N) is 3. The smallest absolute Gasteiger partial charge is 0.257 e. The number of pyridine rings is 1. The van der Waals surface area contributed by atoms with Crippen LogP contribution in [0.3, 0.4) is 0 Å². The van der Waals surface area contributed by atoms with E-state index in [1.54, 1.807) is 11.0 Å². The first-order valence-corrected chi connectivity index (χ1v) is 8.35. The van der Waals surface area contributed by atoms with Crippen LogP contribution in [0.15, 0.2) is 16.8 Å². The number of fused-ring (bicyclic) bond motifs is 1. The minimum Gasteiger partial charge on any atom is -0.369 e. The predicted molar refractivity (Wildman–Crippen MR) is 88.2 cm³/mol. The summed E-state index contributed by atoms with van der Waals surface area (Å²) in [6.07, 6.45) is 4.71. The minimum absolute atomic E-state index is 0.0707. The van der Waals surface area contributed by atoms with E-state index in [0.717, 1.165) is 36.8 Å². The van der Waals surface area contributed by atoms with E-state index in [4.69, 9.17) is 10.3 Å². The Hall–Kier alpha value is -2.44. The van der Waals surface area contributed by atoms with Crippen molar-refractivity contribution in [2.75, 3.05) is 6.54 Å². The summed E-state index contributed by atoms with van der Waals surface area (Å²) in [4.78, 5) is 30.3. The molecule has 0 bridgehead atoms. The first-order valence-electron chi connectivity index (χ1n) is 8.35. The number of likely N-dealkylation sites (tertiary alicyclic amines) is 1. The van der Waals surface area contributed by atoms with Gasteiger partial charge in [-0.25, -0.2) is 4.98 Å². The Kier molecular flexibility index (Phi) is 4.51. The van der Waals surface area contributed by atoms with Gasteiger partial charge in [-0.15, -0.1) is 0 Å². The van der Waals surface area contributed by atoms with E-state index >= 15 is 0 Å². The molecule has 2 atom stereocenters. The van der Waals surface area contributed by atoms with Crippen molar-refractivity contribution in [3.05, 3.63) is 23.5 Å². The second-order valence-corrected chi connectivity index (χ2v) is 6.44. The van der Waals surface area contributed by atoms with Crippen LogP contribution in [0.5, 0.6) is 0 Å². The fourth-order valence-electron chi connectivity index (χ4n) is 3.20. The van der Waals surface area contributed by atoms with Crippen molar-refractivity contribution in [2.45, 2.75) is 45.6 Å². The number of hydrogen-bond donors (Lipinski definition) is 1. The zero-order chi connectivity index (χ0) is 17.3. The first kappa shape index (κ1) is 16.4. The van der Waals surface area contributed by atoms with Gasteiger partial charge in [0.2, 0.25) is 5.91 Å². The van der Waals surface area contributed by atoms with Gasteiger partial charge < -0.3 is 15.2 Å². The molecule has 128 valence electrons. The van der Waals surface area contributed by atoms with Crippen LogP contribution in [0, 0.1) is 5.92 Å². The minimum atomic E-state index is -0.349. The van der Waals surface area contributed by atoms with Gasteiger partial charge in [-0.05, 0) is 32.3 Å². The normalized spacial score (nSPS) is 21.2. The Bertz CT molecular complexity index is 770. The lowest BCUT2D eigenvalue weighted by atomic mass is 9.92. The summed E-state index contributed by atoms with van der Waals surface area (Å²) >= 11 is 0. The monoisotopic (exact) mass is 330 g/mol. The van der Waals surface area contributed by atoms with Crippen molar-refractivity contribution in [3.8, 4) is 0 Å². The van der Waals surface area contributed by atoms with Crippen LogP contribution in [-0.2, 0) is 11.2 Å². The van der Waals surface area contributed by atoms with Gasteiger partial charge in [-0.3, -0.25) is 9.59 Å². The Labute approximate surface area is 140 Å². The molecule has 1 aliphatic heterocycles. The fraction of sp³-hybridized carbons (Fsp3) is 0.529. The molecule has 7 nitrogen and oxygen atoms in total. The maximum atomic E-state index is 12.9. The molecule has 0 aliphatic carbocycles. The molecule has 1 fully saturated rings. The van der Waals surface area contributed by atoms with E-state index in [-0.39, 0.29) is 23.8 Å². The van der Waals surface area contributed by atoms with Gasteiger partial charge >= 0.3 is 0 Å². The molecule has 2 amide bonds. The number of amides is 2. The van der Waals surface area contributed by atoms with Crippen LogP contribution in [0.1, 0.15) is 49.2 Å². The lowest BCUT2D eigenvalue weighted by Crippen LogP contribution is -2.48. The highest BCUT2D eigenvalue weighted by Crippen LogP contribution is 2.25. The number of carbonyl (C=O) groups is 2. The van der Waals surface area contributed by atoms with Crippen molar-refractivity contribution in [1.29, 1.82) is 0 Å². The lowest BCUT2D eigenvalue weighted by molar-refractivity contribution is -0.123. The maximum absolute atomic E-state index is 12.9. The van der Waals surface area contributed by atoms with E-state index in [1.807, 2.05) is 6.92 Å². The standard InChI is InChI=1S/C17H22N4O3/c1-3-4-14-13-7-12(8-19-16(13)24-20-14)17(23)21-9-11(15(18)22)6-5-10(21)2/h7-8,10-11H,3-6,9H2,1-2H3,(H2,18,22)/t10-,11+/m1/s1. The molecular weight excluding hydrogens is 308 g/mol. The molecule has 24 heavy (non-hydrogen) atoms. The van der Waals surface area contributed by atoms with E-state index in [0.29, 0.717) is 17.8 Å². The van der Waals surface area contributed by atoms with Crippen LogP contribution >= 0.6 is 0 Å². The van der Waals surface area contributed by atoms with Crippen molar-refractivity contribution >= 4 is 22.9 Å². The second kappa shape index (κ2) is 6.59. The van der Waals surface area contributed by atoms with E-state index < -0.39 is 0 Å². The van der Waals surface area contributed by atoms with Gasteiger partial charge in [-0.1, -0.05) is 18.5 Å². The number of carbonyl (C=O) groups excluding carboxylic acids is 2. The molecule has 3 heterocycles. The summed E-state index contributed by atoms with van der Waals surface area (Å²) in [6.45, 7) is 4.41. The van der Waals surface area contributed by atoms with Gasteiger partial charge in [0, 0.05) is 18.8 Å². The summed E-state index contributed by atoms with van der Waals surface area (Å²) in [5, 5.41) is 4.80. The predicted octanol–water partition coefficient (Wildman–Crippen LogP) is 1.90. The maximum Gasteiger partial charge on any atom is 0.257 e. The molecule has 0 unspecified atom stereocenters. The van der Waals surface area contributed by atoms with Gasteiger partial charge in [0.25, 0.3) is 11.6 Å². The third kappa shape index (κ3) is 2.98. The number of piperidine rings is 1. The summed E-state index contributed by atoms with van der Waals surface area (Å²) in [6, 6.07) is 1.86. The Morgan fingerprint density at radius 2 is 2.21 bits per heavy atom. The Balaban J connectivity index is 1.89. The average Bonchev–Trinajstić information content (AvgIpc) is 2.97. The molecule has 3 rings (SSSR count). The number of nitrogens with two attached hydrogens (primary N) is 1. The number of aromatic nitrogens is 2. The molecule has 2 aromatic rings. The SMILES string of the molecule is CCCc1noc2ncc(C(=O)N3C[C@@H](C(N)=O)CC[C@H]3C)cc12. The molecule has 0 saturated carbocycles. The van der Waals surface area contributed by atoms with Gasteiger partial charge in [-0.2, -0.15) is 0 Å². The molecule has 2 N–H and O–H groups in total. The van der Waals surface area contributed by atoms with E-state index in [9.17, 15) is 9.59 Å². The van der Waals surface area contributed by atoms with Crippen molar-refractivity contribution in [2.24, 2.45) is 11.7 Å². The van der Waals surface area contributed by atoms with Crippen molar-refractivity contribution < 1.29 is 14.1 Å². The molecule has 2 aromatic heterocycles. The van der Waals surface area contributed by atoms with Crippen molar-refractivity contribution in [1.82, 2.24) is 15.0 Å². The molecule has 1 saturated heterocycles. The highest BCUT2D eigenvalue weighted by atomic mass is 16.5. The average molecular weight is 330 g/mol. The van der Waals surface area contributed by atoms with E-state index in [2.05, 4.69) is 17.1 Å². The number of aryl methyl sites for hydroxylation is 1. The summed E-state index contributed by atoms with van der Waals surface area (Å²) < 4.78 is 5.20. The summed E-state index contributed by atoms with van der Waals surface area (Å²) in [7, 11) is 0. The van der Waals surface area contributed by atoms with Crippen LogP contribution in [0.25, 0.3) is 11.1 Å². The Morgan fingerprint density at radius 3 is 2.92 bits per heavy atom. The highest BCUT2D eigenvalue weighted by molar-refractivity contribution is 5.97. The Morgan fingerprint density at radius 1 is 1.42 bits per heavy atom. The largest absolute Gasteiger partial charge is 0.369 e. The molecular formula is C17H22N4O3. The molecule has 7 heteroatoms. The van der Waals surface area contributed by atoms with Gasteiger partial charge in [0.1, 0.15) is 0 Å². The zero-order valence-corrected chi connectivity index (χ0v) is 14.0. The molecule has 0 aromatic carbocycles. The van der Waals surface area contributed by atoms with Gasteiger partial charge in [0.15, 0.2) is 0 Å². The van der Waals surface area contributed by atoms with Crippen LogP contribution in [0.4, 0.5) is 0 Å². The quantitative estimate of drug-likeness (QED) is 0.922. The highest BCUT2D eigenvalue weighted by Gasteiger charge is 2.32. The number of hydrogen-bond acceptors (Lipinski definition) is 5. The van der Waals surface area contributed by atoms with Gasteiger partial charge in [0.05, 0.1) is 22.6 Å². The molecule has 0 spiro atoms. The zero-order valence-electron chi connectivity index (χ0n) is 14.0. The third-order valence-corrected chi connectivity index (χ3v) is 4.68. The molecule has 0 radical (unpaired) electrons. The van der Waals surface area contributed by atoms with Crippen LogP contribution < -0.4 is 5.73 Å². The van der Waals surface area contributed by atoms with Crippen LogP contribution in [-0.4, -0.2) is 39.4 Å². The topological polar surface area (TPSA) is 102 Å². The molecule has 1 aliphatic rings. The number of rotatable bonds is 4. The van der Waals surface area contributed by atoms with Crippen LogP contribution in [0.2, 0.25) is 0 Å². The summed E-state index contributed by atoms with van der Waals surface area (Å²) in [5.74, 6) is -0.767.